The molecule has 1 aliphatic rings. The van der Waals surface area contributed by atoms with E-state index < -0.39 is 23.1 Å². The van der Waals surface area contributed by atoms with Gasteiger partial charge in [0.15, 0.2) is 0 Å². The van der Waals surface area contributed by atoms with Crippen molar-refractivity contribution in [3.05, 3.63) is 23.9 Å². The maximum atomic E-state index is 12.7. The fourth-order valence-electron chi connectivity index (χ4n) is 2.80. The molecule has 0 bridgehead atoms. The molecule has 0 saturated carbocycles. The highest BCUT2D eigenvalue weighted by atomic mass is 19.4. The molecule has 0 amide bonds. The highest BCUT2D eigenvalue weighted by Crippen LogP contribution is 2.38. The summed E-state index contributed by atoms with van der Waals surface area (Å²) in [5, 5.41) is 9.42. The van der Waals surface area contributed by atoms with E-state index in [9.17, 15) is 23.1 Å². The molecule has 7 heteroatoms. The third kappa shape index (κ3) is 3.11. The summed E-state index contributed by atoms with van der Waals surface area (Å²) in [5.41, 5.74) is -1.65. The van der Waals surface area contributed by atoms with Gasteiger partial charge < -0.3 is 10.0 Å². The molecule has 0 aliphatic carbocycles. The van der Waals surface area contributed by atoms with Crippen LogP contribution in [0.4, 0.5) is 19.0 Å². The average molecular weight is 302 g/mol. The number of carboxylic acid groups (broad SMARTS) is 1. The first kappa shape index (κ1) is 15.6. The molecule has 1 aliphatic heterocycles. The van der Waals surface area contributed by atoms with Crippen molar-refractivity contribution in [1.82, 2.24) is 4.98 Å². The number of nitrogens with zero attached hydrogens (tertiary/aromatic N) is 2. The number of halogens is 3. The van der Waals surface area contributed by atoms with Gasteiger partial charge in [-0.15, -0.1) is 0 Å². The number of aliphatic carboxylic acids is 1. The van der Waals surface area contributed by atoms with Crippen LogP contribution >= 0.6 is 0 Å². The molecule has 2 rings (SSSR count). The molecule has 0 aromatic carbocycles. The Balaban J connectivity index is 2.23. The first-order valence-corrected chi connectivity index (χ1v) is 6.80. The molecular weight excluding hydrogens is 285 g/mol. The Bertz CT molecular complexity index is 533. The number of carboxylic acids is 1. The molecule has 1 saturated heterocycles. The zero-order chi connectivity index (χ0) is 15.7. The minimum absolute atomic E-state index is 0.184. The normalized spacial score (nSPS) is 22.6. The summed E-state index contributed by atoms with van der Waals surface area (Å²) in [6, 6.07) is 1.89. The summed E-state index contributed by atoms with van der Waals surface area (Å²) in [6.45, 7) is 2.50. The molecular formula is C14H17F3N2O2. The lowest BCUT2D eigenvalue weighted by molar-refractivity contribution is -0.148. The van der Waals surface area contributed by atoms with E-state index in [4.69, 9.17) is 0 Å². The molecule has 1 aromatic rings. The lowest BCUT2D eigenvalue weighted by atomic mass is 9.83. The molecule has 4 nitrogen and oxygen atoms in total. The Hall–Kier alpha value is -1.79. The van der Waals surface area contributed by atoms with Crippen molar-refractivity contribution in [2.24, 2.45) is 5.41 Å². The van der Waals surface area contributed by atoms with Gasteiger partial charge in [0.25, 0.3) is 0 Å². The van der Waals surface area contributed by atoms with Crippen LogP contribution in [-0.2, 0) is 11.0 Å². The lowest BCUT2D eigenvalue weighted by Crippen LogP contribution is -2.34. The van der Waals surface area contributed by atoms with Gasteiger partial charge in [0.05, 0.1) is 11.0 Å². The largest absolute Gasteiger partial charge is 0.481 e. The van der Waals surface area contributed by atoms with Gasteiger partial charge in [0, 0.05) is 19.3 Å². The van der Waals surface area contributed by atoms with Gasteiger partial charge in [-0.05, 0) is 25.0 Å². The molecule has 1 atom stereocenters. The Kier molecular flexibility index (Phi) is 4.11. The smallest absolute Gasteiger partial charge is 0.416 e. The van der Waals surface area contributed by atoms with Crippen LogP contribution in [0, 0.1) is 5.41 Å². The Labute approximate surface area is 120 Å². The number of pyridine rings is 1. The van der Waals surface area contributed by atoms with Crippen LogP contribution in [0.15, 0.2) is 18.3 Å². The average Bonchev–Trinajstić information content (AvgIpc) is 2.84. The minimum Gasteiger partial charge on any atom is -0.481 e. The van der Waals surface area contributed by atoms with Crippen molar-refractivity contribution < 1.29 is 23.1 Å². The standard InChI is InChI=1S/C14H17F3N2O2/c1-2-4-13(12(20)21)5-7-19(9-13)11-8-10(3-6-18-11)14(15,16)17/h3,6,8H,2,4-5,7,9H2,1H3,(H,20,21). The van der Waals surface area contributed by atoms with E-state index in [1.54, 1.807) is 4.90 Å². The molecule has 1 unspecified atom stereocenters. The number of hydrogen-bond donors (Lipinski definition) is 1. The topological polar surface area (TPSA) is 53.4 Å². The van der Waals surface area contributed by atoms with Crippen molar-refractivity contribution in [1.29, 1.82) is 0 Å². The van der Waals surface area contributed by atoms with E-state index in [1.165, 1.54) is 0 Å². The molecule has 1 aromatic heterocycles. The van der Waals surface area contributed by atoms with Gasteiger partial charge in [-0.1, -0.05) is 13.3 Å². The zero-order valence-electron chi connectivity index (χ0n) is 11.7. The van der Waals surface area contributed by atoms with Crippen molar-refractivity contribution in [3.8, 4) is 0 Å². The molecule has 116 valence electrons. The van der Waals surface area contributed by atoms with Crippen LogP contribution in [-0.4, -0.2) is 29.1 Å². The number of rotatable bonds is 4. The highest BCUT2D eigenvalue weighted by Gasteiger charge is 2.44. The van der Waals surface area contributed by atoms with E-state index in [-0.39, 0.29) is 12.4 Å². The van der Waals surface area contributed by atoms with Crippen LogP contribution in [0.2, 0.25) is 0 Å². The maximum Gasteiger partial charge on any atom is 0.416 e. The van der Waals surface area contributed by atoms with Crippen molar-refractivity contribution in [2.75, 3.05) is 18.0 Å². The van der Waals surface area contributed by atoms with Crippen LogP contribution < -0.4 is 4.90 Å². The second kappa shape index (κ2) is 5.54. The van der Waals surface area contributed by atoms with Gasteiger partial charge in [-0.25, -0.2) is 4.98 Å². The van der Waals surface area contributed by atoms with Crippen LogP contribution in [0.3, 0.4) is 0 Å². The van der Waals surface area contributed by atoms with Gasteiger partial charge in [-0.2, -0.15) is 13.2 Å². The predicted octanol–water partition coefficient (Wildman–Crippen LogP) is 3.18. The summed E-state index contributed by atoms with van der Waals surface area (Å²) in [5.74, 6) is -0.706. The molecule has 2 heterocycles. The number of carbonyl (C=O) groups is 1. The van der Waals surface area contributed by atoms with Gasteiger partial charge in [-0.3, -0.25) is 4.79 Å². The fourth-order valence-corrected chi connectivity index (χ4v) is 2.80. The van der Waals surface area contributed by atoms with Crippen molar-refractivity contribution in [2.45, 2.75) is 32.4 Å². The second-order valence-corrected chi connectivity index (χ2v) is 5.41. The van der Waals surface area contributed by atoms with E-state index in [2.05, 4.69) is 4.98 Å². The van der Waals surface area contributed by atoms with Gasteiger partial charge in [0.2, 0.25) is 0 Å². The third-order valence-corrected chi connectivity index (χ3v) is 3.93. The summed E-state index contributed by atoms with van der Waals surface area (Å²) >= 11 is 0. The summed E-state index contributed by atoms with van der Waals surface area (Å²) < 4.78 is 38.1. The monoisotopic (exact) mass is 302 g/mol. The lowest BCUT2D eigenvalue weighted by Gasteiger charge is -2.24. The first-order valence-electron chi connectivity index (χ1n) is 6.80. The van der Waals surface area contributed by atoms with Crippen LogP contribution in [0.25, 0.3) is 0 Å². The van der Waals surface area contributed by atoms with Crippen LogP contribution in [0.5, 0.6) is 0 Å². The molecule has 21 heavy (non-hydrogen) atoms. The SMILES string of the molecule is CCCC1(C(=O)O)CCN(c2cc(C(F)(F)F)ccn2)C1. The molecule has 1 fully saturated rings. The number of anilines is 1. The van der Waals surface area contributed by atoms with Gasteiger partial charge >= 0.3 is 12.1 Å². The predicted molar refractivity (Wildman–Crippen MR) is 71.0 cm³/mol. The second-order valence-electron chi connectivity index (χ2n) is 5.41. The van der Waals surface area contributed by atoms with Crippen molar-refractivity contribution >= 4 is 11.8 Å². The van der Waals surface area contributed by atoms with E-state index >= 15 is 0 Å². The fraction of sp³-hybridized carbons (Fsp3) is 0.571. The zero-order valence-corrected chi connectivity index (χ0v) is 11.7. The first-order chi connectivity index (χ1) is 9.78. The summed E-state index contributed by atoms with van der Waals surface area (Å²) in [6.07, 6.45) is -1.66. The quantitative estimate of drug-likeness (QED) is 0.928. The van der Waals surface area contributed by atoms with E-state index in [0.29, 0.717) is 19.4 Å². The number of aromatic nitrogens is 1. The Morgan fingerprint density at radius 2 is 2.24 bits per heavy atom. The number of hydrogen-bond acceptors (Lipinski definition) is 3. The Morgan fingerprint density at radius 1 is 1.52 bits per heavy atom. The van der Waals surface area contributed by atoms with E-state index in [1.807, 2.05) is 6.92 Å². The minimum atomic E-state index is -4.43. The number of alkyl halides is 3. The maximum absolute atomic E-state index is 12.7. The third-order valence-electron chi connectivity index (χ3n) is 3.93. The highest BCUT2D eigenvalue weighted by molar-refractivity contribution is 5.76. The molecule has 1 N–H and O–H groups in total. The summed E-state index contributed by atoms with van der Waals surface area (Å²) in [4.78, 5) is 17.1. The summed E-state index contributed by atoms with van der Waals surface area (Å²) in [7, 11) is 0. The molecule has 0 radical (unpaired) electrons. The van der Waals surface area contributed by atoms with Crippen molar-refractivity contribution in [3.63, 3.8) is 0 Å². The van der Waals surface area contributed by atoms with E-state index in [0.717, 1.165) is 24.8 Å². The Morgan fingerprint density at radius 3 is 2.81 bits per heavy atom. The molecule has 0 spiro atoms. The van der Waals surface area contributed by atoms with Gasteiger partial charge in [0.1, 0.15) is 5.82 Å². The van der Waals surface area contributed by atoms with Crippen LogP contribution in [0.1, 0.15) is 31.7 Å².